The third-order valence-electron chi connectivity index (χ3n) is 2.18. The number of hydrogen-bond donors (Lipinski definition) is 1. The van der Waals surface area contributed by atoms with Crippen LogP contribution in [0, 0.1) is 6.92 Å². The third kappa shape index (κ3) is 1.63. The maximum Gasteiger partial charge on any atom is 0.347 e. The van der Waals surface area contributed by atoms with E-state index in [2.05, 4.69) is 10.1 Å². The number of carboxylic acid groups (broad SMARTS) is 1. The maximum atomic E-state index is 10.7. The summed E-state index contributed by atoms with van der Waals surface area (Å²) in [4.78, 5) is 15.0. The molecule has 0 saturated carbocycles. The quantitative estimate of drug-likeness (QED) is 0.838. The van der Waals surface area contributed by atoms with Crippen LogP contribution in [-0.2, 0) is 7.05 Å². The molecule has 0 spiro atoms. The molecule has 6 heteroatoms. The van der Waals surface area contributed by atoms with Crippen molar-refractivity contribution in [3.8, 4) is 10.6 Å². The summed E-state index contributed by atoms with van der Waals surface area (Å²) in [5, 5.41) is 13.5. The second kappa shape index (κ2) is 3.47. The first-order valence-corrected chi connectivity index (χ1v) is 5.09. The third-order valence-corrected chi connectivity index (χ3v) is 3.20. The number of carbonyl (C=O) groups is 1. The van der Waals surface area contributed by atoms with E-state index in [1.54, 1.807) is 10.9 Å². The zero-order valence-corrected chi connectivity index (χ0v) is 9.08. The Morgan fingerprint density at radius 1 is 1.53 bits per heavy atom. The van der Waals surface area contributed by atoms with Crippen LogP contribution in [-0.4, -0.2) is 25.8 Å². The van der Waals surface area contributed by atoms with Crippen LogP contribution < -0.4 is 0 Å². The number of carboxylic acids is 1. The Bertz CT molecular complexity index is 515. The largest absolute Gasteiger partial charge is 0.477 e. The molecule has 2 aromatic rings. The lowest BCUT2D eigenvalue weighted by atomic mass is 10.3. The molecular formula is C9H9N3O2S. The minimum absolute atomic E-state index is 0.244. The molecular weight excluding hydrogens is 214 g/mol. The Balaban J connectivity index is 2.46. The van der Waals surface area contributed by atoms with Crippen LogP contribution in [0.25, 0.3) is 10.6 Å². The van der Waals surface area contributed by atoms with E-state index in [1.165, 1.54) is 6.20 Å². The second-order valence-corrected chi connectivity index (χ2v) is 4.13. The van der Waals surface area contributed by atoms with Crippen LogP contribution in [0.15, 0.2) is 12.4 Å². The van der Waals surface area contributed by atoms with E-state index < -0.39 is 5.97 Å². The van der Waals surface area contributed by atoms with Gasteiger partial charge in [0.15, 0.2) is 0 Å². The van der Waals surface area contributed by atoms with Crippen LogP contribution in [0.5, 0.6) is 0 Å². The molecule has 0 aromatic carbocycles. The standard InChI is InChI=1S/C9H9N3O2S/c1-5-6(3-11-12(5)2)8-10-4-7(15-8)9(13)14/h3-4H,1-2H3,(H,13,14). The van der Waals surface area contributed by atoms with Crippen LogP contribution in [0.4, 0.5) is 0 Å². The monoisotopic (exact) mass is 223 g/mol. The summed E-state index contributed by atoms with van der Waals surface area (Å²) in [5.41, 5.74) is 1.86. The van der Waals surface area contributed by atoms with Crippen molar-refractivity contribution in [2.24, 2.45) is 7.05 Å². The van der Waals surface area contributed by atoms with E-state index in [0.29, 0.717) is 5.01 Å². The highest BCUT2D eigenvalue weighted by Gasteiger charge is 2.13. The van der Waals surface area contributed by atoms with Crippen LogP contribution >= 0.6 is 11.3 Å². The van der Waals surface area contributed by atoms with E-state index >= 15 is 0 Å². The SMILES string of the molecule is Cc1c(-c2ncc(C(=O)O)s2)cnn1C. The fourth-order valence-corrected chi connectivity index (χ4v) is 2.02. The summed E-state index contributed by atoms with van der Waals surface area (Å²) in [6, 6.07) is 0. The fourth-order valence-electron chi connectivity index (χ4n) is 1.21. The second-order valence-electron chi connectivity index (χ2n) is 3.10. The average molecular weight is 223 g/mol. The Morgan fingerprint density at radius 2 is 2.27 bits per heavy atom. The van der Waals surface area contributed by atoms with E-state index in [-0.39, 0.29) is 4.88 Å². The van der Waals surface area contributed by atoms with Crippen molar-refractivity contribution >= 4 is 17.3 Å². The molecule has 2 aromatic heterocycles. The highest BCUT2D eigenvalue weighted by Crippen LogP contribution is 2.27. The lowest BCUT2D eigenvalue weighted by Gasteiger charge is -1.94. The molecule has 0 bridgehead atoms. The van der Waals surface area contributed by atoms with Crippen molar-refractivity contribution in [1.29, 1.82) is 0 Å². The Kier molecular flexibility index (Phi) is 2.28. The predicted molar refractivity (Wildman–Crippen MR) is 56.0 cm³/mol. The molecule has 0 unspecified atom stereocenters. The van der Waals surface area contributed by atoms with Gasteiger partial charge in [0.1, 0.15) is 9.88 Å². The summed E-state index contributed by atoms with van der Waals surface area (Å²) in [6.45, 7) is 1.92. The first-order chi connectivity index (χ1) is 7.09. The van der Waals surface area contributed by atoms with Crippen molar-refractivity contribution in [1.82, 2.24) is 14.8 Å². The zero-order valence-electron chi connectivity index (χ0n) is 8.26. The van der Waals surface area contributed by atoms with Crippen molar-refractivity contribution in [2.75, 3.05) is 0 Å². The molecule has 0 saturated heterocycles. The van der Waals surface area contributed by atoms with Gasteiger partial charge >= 0.3 is 5.97 Å². The smallest absolute Gasteiger partial charge is 0.347 e. The predicted octanol–water partition coefficient (Wildman–Crippen LogP) is 1.55. The molecule has 78 valence electrons. The van der Waals surface area contributed by atoms with Gasteiger partial charge in [-0.3, -0.25) is 4.68 Å². The zero-order chi connectivity index (χ0) is 11.0. The number of rotatable bonds is 2. The van der Waals surface area contributed by atoms with Gasteiger partial charge in [-0.1, -0.05) is 0 Å². The van der Waals surface area contributed by atoms with Gasteiger partial charge in [0.25, 0.3) is 0 Å². The topological polar surface area (TPSA) is 68.0 Å². The van der Waals surface area contributed by atoms with E-state index in [9.17, 15) is 4.79 Å². The summed E-state index contributed by atoms with van der Waals surface area (Å²) < 4.78 is 1.73. The molecule has 0 amide bonds. The number of aromatic carboxylic acids is 1. The molecule has 0 atom stereocenters. The van der Waals surface area contributed by atoms with Crippen molar-refractivity contribution < 1.29 is 9.90 Å². The van der Waals surface area contributed by atoms with Gasteiger partial charge in [0.2, 0.25) is 0 Å². The highest BCUT2D eigenvalue weighted by atomic mass is 32.1. The summed E-state index contributed by atoms with van der Waals surface area (Å²) in [6.07, 6.45) is 3.06. The van der Waals surface area contributed by atoms with Crippen molar-refractivity contribution in [3.63, 3.8) is 0 Å². The molecule has 0 aliphatic rings. The first kappa shape index (κ1) is 9.85. The van der Waals surface area contributed by atoms with Crippen molar-refractivity contribution in [3.05, 3.63) is 23.0 Å². The van der Waals surface area contributed by atoms with Crippen molar-refractivity contribution in [2.45, 2.75) is 6.92 Å². The Hall–Kier alpha value is -1.69. The molecule has 2 heterocycles. The lowest BCUT2D eigenvalue weighted by Crippen LogP contribution is -1.92. The minimum Gasteiger partial charge on any atom is -0.477 e. The number of thiazole rings is 1. The van der Waals surface area contributed by atoms with Crippen LogP contribution in [0.3, 0.4) is 0 Å². The molecule has 2 rings (SSSR count). The molecule has 15 heavy (non-hydrogen) atoms. The number of hydrogen-bond acceptors (Lipinski definition) is 4. The Labute approximate surface area is 90.0 Å². The van der Waals surface area contributed by atoms with Gasteiger partial charge in [0.05, 0.1) is 18.0 Å². The van der Waals surface area contributed by atoms with Gasteiger partial charge in [-0.05, 0) is 6.92 Å². The van der Waals surface area contributed by atoms with Gasteiger partial charge in [0, 0.05) is 12.7 Å². The number of aryl methyl sites for hydroxylation is 1. The van der Waals surface area contributed by atoms with E-state index in [1.807, 2.05) is 14.0 Å². The molecule has 0 fully saturated rings. The summed E-state index contributed by atoms with van der Waals surface area (Å²) in [7, 11) is 1.84. The molecule has 1 N–H and O–H groups in total. The summed E-state index contributed by atoms with van der Waals surface area (Å²) in [5.74, 6) is -0.944. The first-order valence-electron chi connectivity index (χ1n) is 4.27. The van der Waals surface area contributed by atoms with Gasteiger partial charge in [-0.15, -0.1) is 11.3 Å². The van der Waals surface area contributed by atoms with Gasteiger partial charge in [-0.2, -0.15) is 5.10 Å². The minimum atomic E-state index is -0.944. The van der Waals surface area contributed by atoms with Gasteiger partial charge < -0.3 is 5.11 Å². The van der Waals surface area contributed by atoms with Crippen LogP contribution in [0.2, 0.25) is 0 Å². The average Bonchev–Trinajstić information content (AvgIpc) is 2.76. The van der Waals surface area contributed by atoms with Crippen LogP contribution in [0.1, 0.15) is 15.4 Å². The fraction of sp³-hybridized carbons (Fsp3) is 0.222. The molecule has 0 aliphatic heterocycles. The van der Waals surface area contributed by atoms with E-state index in [0.717, 1.165) is 22.6 Å². The van der Waals surface area contributed by atoms with E-state index in [4.69, 9.17) is 5.11 Å². The maximum absolute atomic E-state index is 10.7. The summed E-state index contributed by atoms with van der Waals surface area (Å²) >= 11 is 1.16. The molecule has 0 radical (unpaired) electrons. The Morgan fingerprint density at radius 3 is 2.73 bits per heavy atom. The lowest BCUT2D eigenvalue weighted by molar-refractivity contribution is 0.0702. The normalized spacial score (nSPS) is 10.5. The molecule has 0 aliphatic carbocycles. The number of aromatic nitrogens is 3. The molecule has 5 nitrogen and oxygen atoms in total. The number of nitrogens with zero attached hydrogens (tertiary/aromatic N) is 3. The van der Waals surface area contributed by atoms with Gasteiger partial charge in [-0.25, -0.2) is 9.78 Å². The highest BCUT2D eigenvalue weighted by molar-refractivity contribution is 7.16.